The van der Waals surface area contributed by atoms with Gasteiger partial charge in [-0.05, 0) is 43.4 Å². The fourth-order valence-corrected chi connectivity index (χ4v) is 3.16. The average molecular weight is 336 g/mol. The van der Waals surface area contributed by atoms with E-state index in [-0.39, 0.29) is 18.4 Å². The molecule has 130 valence electrons. The van der Waals surface area contributed by atoms with Gasteiger partial charge in [-0.3, -0.25) is 9.59 Å². The molecule has 0 aliphatic carbocycles. The van der Waals surface area contributed by atoms with E-state index < -0.39 is 0 Å². The van der Waals surface area contributed by atoms with E-state index in [1.165, 1.54) is 16.7 Å². The maximum Gasteiger partial charge on any atom is 0.246 e. The topological polar surface area (TPSA) is 49.4 Å². The van der Waals surface area contributed by atoms with Crippen LogP contribution in [0.3, 0.4) is 0 Å². The summed E-state index contributed by atoms with van der Waals surface area (Å²) >= 11 is 0. The number of aryl methyl sites for hydroxylation is 2. The van der Waals surface area contributed by atoms with Crippen molar-refractivity contribution < 1.29 is 9.59 Å². The van der Waals surface area contributed by atoms with Gasteiger partial charge in [-0.15, -0.1) is 0 Å². The first kappa shape index (κ1) is 17.2. The van der Waals surface area contributed by atoms with Crippen molar-refractivity contribution in [2.24, 2.45) is 0 Å². The van der Waals surface area contributed by atoms with E-state index in [1.807, 2.05) is 24.3 Å². The molecule has 4 nitrogen and oxygen atoms in total. The molecule has 0 unspecified atom stereocenters. The molecule has 2 aromatic rings. The van der Waals surface area contributed by atoms with Gasteiger partial charge in [0.2, 0.25) is 11.8 Å². The molecule has 1 heterocycles. The molecular weight excluding hydrogens is 312 g/mol. The van der Waals surface area contributed by atoms with Gasteiger partial charge in [-0.25, -0.2) is 0 Å². The Hall–Kier alpha value is -2.62. The number of para-hydroxylation sites is 1. The van der Waals surface area contributed by atoms with Crippen LogP contribution in [0.5, 0.6) is 0 Å². The summed E-state index contributed by atoms with van der Waals surface area (Å²) in [5, 5.41) is 2.76. The summed E-state index contributed by atoms with van der Waals surface area (Å²) < 4.78 is 0. The normalized spacial score (nSPS) is 12.8. The predicted octanol–water partition coefficient (Wildman–Crippen LogP) is 3.02. The number of carbonyl (C=O) groups excluding carboxylic acids is 2. The molecule has 0 aromatic heterocycles. The van der Waals surface area contributed by atoms with Crippen LogP contribution in [0.25, 0.3) is 0 Å². The van der Waals surface area contributed by atoms with Crippen LogP contribution >= 0.6 is 0 Å². The average Bonchev–Trinajstić information content (AvgIpc) is 3.05. The lowest BCUT2D eigenvalue weighted by Gasteiger charge is -2.17. The lowest BCUT2D eigenvalue weighted by Crippen LogP contribution is -2.39. The molecule has 0 bridgehead atoms. The zero-order valence-corrected chi connectivity index (χ0v) is 14.6. The first-order valence-electron chi connectivity index (χ1n) is 8.84. The molecule has 2 aromatic carbocycles. The summed E-state index contributed by atoms with van der Waals surface area (Å²) in [6, 6.07) is 16.3. The Labute approximate surface area is 148 Å². The number of carbonyl (C=O) groups is 2. The van der Waals surface area contributed by atoms with Crippen molar-refractivity contribution in [2.75, 3.05) is 18.0 Å². The first-order valence-corrected chi connectivity index (χ1v) is 8.84. The maximum atomic E-state index is 12.4. The van der Waals surface area contributed by atoms with Crippen molar-refractivity contribution in [2.45, 2.75) is 32.6 Å². The van der Waals surface area contributed by atoms with Crippen LogP contribution in [0, 0.1) is 6.92 Å². The van der Waals surface area contributed by atoms with Gasteiger partial charge in [0, 0.05) is 18.7 Å². The minimum atomic E-state index is -0.0621. The molecule has 3 rings (SSSR count). The highest BCUT2D eigenvalue weighted by Crippen LogP contribution is 2.27. The number of benzene rings is 2. The van der Waals surface area contributed by atoms with Crippen molar-refractivity contribution in [3.05, 3.63) is 65.2 Å². The van der Waals surface area contributed by atoms with Gasteiger partial charge in [0.05, 0.1) is 6.54 Å². The summed E-state index contributed by atoms with van der Waals surface area (Å²) in [6.45, 7) is 2.83. The highest BCUT2D eigenvalue weighted by Gasteiger charge is 2.23. The Kier molecular flexibility index (Phi) is 5.49. The summed E-state index contributed by atoms with van der Waals surface area (Å²) in [6.07, 6.45) is 2.99. The molecule has 1 aliphatic heterocycles. The molecule has 1 aliphatic rings. The third-order valence-corrected chi connectivity index (χ3v) is 4.61. The molecule has 0 spiro atoms. The highest BCUT2D eigenvalue weighted by atomic mass is 16.2. The molecule has 0 fully saturated rings. The van der Waals surface area contributed by atoms with E-state index in [0.717, 1.165) is 24.9 Å². The predicted molar refractivity (Wildman–Crippen MR) is 99.6 cm³/mol. The number of amides is 2. The molecule has 1 N–H and O–H groups in total. The van der Waals surface area contributed by atoms with Crippen molar-refractivity contribution in [1.82, 2.24) is 5.32 Å². The summed E-state index contributed by atoms with van der Waals surface area (Å²) in [5.74, 6) is -0.107. The summed E-state index contributed by atoms with van der Waals surface area (Å²) in [4.78, 5) is 26.1. The van der Waals surface area contributed by atoms with Crippen LogP contribution in [-0.4, -0.2) is 24.9 Å². The Morgan fingerprint density at radius 2 is 1.84 bits per heavy atom. The fourth-order valence-electron chi connectivity index (χ4n) is 3.16. The second-order valence-corrected chi connectivity index (χ2v) is 6.54. The molecule has 0 saturated heterocycles. The van der Waals surface area contributed by atoms with Gasteiger partial charge < -0.3 is 10.2 Å². The minimum absolute atomic E-state index is 0.0446. The second kappa shape index (κ2) is 7.97. The lowest BCUT2D eigenvalue weighted by atomic mass is 10.1. The zero-order valence-electron chi connectivity index (χ0n) is 14.6. The van der Waals surface area contributed by atoms with Gasteiger partial charge >= 0.3 is 0 Å². The van der Waals surface area contributed by atoms with Crippen molar-refractivity contribution in [3.63, 3.8) is 0 Å². The third-order valence-electron chi connectivity index (χ3n) is 4.61. The van der Waals surface area contributed by atoms with Crippen LogP contribution in [-0.2, 0) is 22.4 Å². The Morgan fingerprint density at radius 3 is 2.64 bits per heavy atom. The zero-order chi connectivity index (χ0) is 17.6. The highest BCUT2D eigenvalue weighted by molar-refractivity contribution is 5.98. The number of hydrogen-bond acceptors (Lipinski definition) is 2. The van der Waals surface area contributed by atoms with Gasteiger partial charge in [0.1, 0.15) is 0 Å². The number of hydrogen-bond donors (Lipinski definition) is 1. The Bertz CT molecular complexity index is 753. The fraction of sp³-hybridized carbons (Fsp3) is 0.333. The van der Waals surface area contributed by atoms with Crippen LogP contribution in [0.4, 0.5) is 5.69 Å². The van der Waals surface area contributed by atoms with Crippen LogP contribution in [0.2, 0.25) is 0 Å². The molecule has 0 saturated carbocycles. The van der Waals surface area contributed by atoms with Crippen molar-refractivity contribution >= 4 is 17.5 Å². The van der Waals surface area contributed by atoms with E-state index in [1.54, 1.807) is 4.90 Å². The van der Waals surface area contributed by atoms with E-state index in [0.29, 0.717) is 13.0 Å². The lowest BCUT2D eigenvalue weighted by molar-refractivity contribution is -0.125. The number of rotatable bonds is 6. The molecule has 25 heavy (non-hydrogen) atoms. The largest absolute Gasteiger partial charge is 0.347 e. The van der Waals surface area contributed by atoms with E-state index in [4.69, 9.17) is 0 Å². The smallest absolute Gasteiger partial charge is 0.246 e. The molecular formula is C21H24N2O2. The summed E-state index contributed by atoms with van der Waals surface area (Å²) in [5.41, 5.74) is 4.65. The number of nitrogens with zero attached hydrogens (tertiary/aromatic N) is 1. The van der Waals surface area contributed by atoms with Gasteiger partial charge in [-0.1, -0.05) is 48.0 Å². The summed E-state index contributed by atoms with van der Waals surface area (Å²) in [7, 11) is 0. The monoisotopic (exact) mass is 336 g/mol. The van der Waals surface area contributed by atoms with Crippen molar-refractivity contribution in [1.29, 1.82) is 0 Å². The second-order valence-electron chi connectivity index (χ2n) is 6.54. The van der Waals surface area contributed by atoms with Gasteiger partial charge in [0.25, 0.3) is 0 Å². The minimum Gasteiger partial charge on any atom is -0.347 e. The first-order chi connectivity index (χ1) is 12.1. The van der Waals surface area contributed by atoms with E-state index >= 15 is 0 Å². The van der Waals surface area contributed by atoms with E-state index in [9.17, 15) is 9.59 Å². The maximum absolute atomic E-state index is 12.4. The SMILES string of the molecule is Cc1ccc(CCCC(=O)NCC(=O)N2CCc3ccccc32)cc1. The van der Waals surface area contributed by atoms with Crippen molar-refractivity contribution in [3.8, 4) is 0 Å². The van der Waals surface area contributed by atoms with Crippen LogP contribution in [0.1, 0.15) is 29.5 Å². The van der Waals surface area contributed by atoms with Crippen LogP contribution in [0.15, 0.2) is 48.5 Å². The Balaban J connectivity index is 1.40. The molecule has 4 heteroatoms. The van der Waals surface area contributed by atoms with Gasteiger partial charge in [-0.2, -0.15) is 0 Å². The quantitative estimate of drug-likeness (QED) is 0.881. The van der Waals surface area contributed by atoms with Gasteiger partial charge in [0.15, 0.2) is 0 Å². The number of nitrogens with one attached hydrogen (secondary N) is 1. The van der Waals surface area contributed by atoms with Crippen LogP contribution < -0.4 is 10.2 Å². The Morgan fingerprint density at radius 1 is 1.08 bits per heavy atom. The number of fused-ring (bicyclic) bond motifs is 1. The molecule has 0 atom stereocenters. The molecule has 2 amide bonds. The number of anilines is 1. The standard InChI is InChI=1S/C21H24N2O2/c1-16-9-11-17(12-10-16)5-4-8-20(24)22-15-21(25)23-14-13-18-6-2-3-7-19(18)23/h2-3,6-7,9-12H,4-5,8,13-15H2,1H3,(H,22,24). The molecule has 0 radical (unpaired) electrons. The van der Waals surface area contributed by atoms with E-state index in [2.05, 4.69) is 36.5 Å². The third kappa shape index (κ3) is 4.47.